The average Bonchev–Trinajstić information content (AvgIpc) is 2.51. The van der Waals surface area contributed by atoms with Gasteiger partial charge >= 0.3 is 0 Å². The zero-order valence-electron chi connectivity index (χ0n) is 14.5. The Morgan fingerprint density at radius 2 is 2.04 bits per heavy atom. The number of likely N-dealkylation sites (tertiary alicyclic amines) is 1. The van der Waals surface area contributed by atoms with E-state index in [0.29, 0.717) is 12.3 Å². The number of amides is 1. The van der Waals surface area contributed by atoms with E-state index < -0.39 is 0 Å². The Bertz CT molecular complexity index is 524. The van der Waals surface area contributed by atoms with Crippen molar-refractivity contribution < 1.29 is 9.53 Å². The summed E-state index contributed by atoms with van der Waals surface area (Å²) in [5.74, 6) is 1.03. The van der Waals surface area contributed by atoms with Crippen molar-refractivity contribution in [3.63, 3.8) is 0 Å². The van der Waals surface area contributed by atoms with Crippen molar-refractivity contribution in [2.75, 3.05) is 32.5 Å². The summed E-state index contributed by atoms with van der Waals surface area (Å²) in [5, 5.41) is 0. The lowest BCUT2D eigenvalue weighted by molar-refractivity contribution is -0.132. The van der Waals surface area contributed by atoms with Crippen molar-refractivity contribution >= 4 is 11.9 Å². The molecule has 0 aromatic carbocycles. The summed E-state index contributed by atoms with van der Waals surface area (Å²) < 4.78 is 5.12. The van der Waals surface area contributed by atoms with Crippen molar-refractivity contribution in [3.05, 3.63) is 17.0 Å². The van der Waals surface area contributed by atoms with Gasteiger partial charge in [-0.25, -0.2) is 9.97 Å². The number of carbonyl (C=O) groups excluding carboxylic acids is 1. The third kappa shape index (κ3) is 4.89. The minimum absolute atomic E-state index is 0.168. The van der Waals surface area contributed by atoms with Crippen LogP contribution in [0, 0.1) is 19.8 Å². The number of piperidine rings is 1. The van der Waals surface area contributed by atoms with Gasteiger partial charge in [-0.3, -0.25) is 4.79 Å². The van der Waals surface area contributed by atoms with Gasteiger partial charge in [0.2, 0.25) is 11.9 Å². The summed E-state index contributed by atoms with van der Waals surface area (Å²) in [5.41, 5.74) is 8.16. The number of aromatic nitrogens is 2. The quantitative estimate of drug-likeness (QED) is 0.809. The fraction of sp³-hybridized carbons (Fsp3) is 0.706. The number of hydrogen-bond donors (Lipinski definition) is 1. The normalized spacial score (nSPS) is 18.2. The van der Waals surface area contributed by atoms with Gasteiger partial charge in [-0.1, -0.05) is 0 Å². The van der Waals surface area contributed by atoms with Crippen molar-refractivity contribution in [1.82, 2.24) is 14.9 Å². The van der Waals surface area contributed by atoms with E-state index in [-0.39, 0.29) is 11.9 Å². The van der Waals surface area contributed by atoms with Gasteiger partial charge in [-0.15, -0.1) is 0 Å². The van der Waals surface area contributed by atoms with Crippen LogP contribution in [0.3, 0.4) is 0 Å². The van der Waals surface area contributed by atoms with Crippen LogP contribution in [0.15, 0.2) is 0 Å². The number of nitrogens with two attached hydrogens (primary N) is 1. The standard InChI is InChI=1S/C17H28N4O2/c1-12-15(13(2)20-17(18)19-12)10-16(22)21-8-4-6-14(11-21)7-5-9-23-3/h14H,4-11H2,1-3H3,(H2,18,19,20)/t14-/m1/s1. The van der Waals surface area contributed by atoms with Crippen molar-refractivity contribution in [2.24, 2.45) is 5.92 Å². The molecule has 23 heavy (non-hydrogen) atoms. The van der Waals surface area contributed by atoms with Crippen molar-refractivity contribution in [1.29, 1.82) is 0 Å². The highest BCUT2D eigenvalue weighted by Gasteiger charge is 2.24. The number of nitrogen functional groups attached to an aromatic ring is 1. The summed E-state index contributed by atoms with van der Waals surface area (Å²) in [6.07, 6.45) is 4.84. The molecule has 6 nitrogen and oxygen atoms in total. The summed E-state index contributed by atoms with van der Waals surface area (Å²) in [7, 11) is 1.73. The maximum atomic E-state index is 12.6. The van der Waals surface area contributed by atoms with E-state index in [1.807, 2.05) is 18.7 Å². The molecule has 6 heteroatoms. The van der Waals surface area contributed by atoms with E-state index in [1.165, 1.54) is 6.42 Å². The number of carbonyl (C=O) groups is 1. The number of anilines is 1. The third-order valence-electron chi connectivity index (χ3n) is 4.60. The Morgan fingerprint density at radius 3 is 2.70 bits per heavy atom. The fourth-order valence-corrected chi connectivity index (χ4v) is 3.33. The fourth-order valence-electron chi connectivity index (χ4n) is 3.33. The van der Waals surface area contributed by atoms with Crippen LogP contribution < -0.4 is 5.73 Å². The molecule has 1 aromatic rings. The topological polar surface area (TPSA) is 81.3 Å². The van der Waals surface area contributed by atoms with Crippen molar-refractivity contribution in [2.45, 2.75) is 46.0 Å². The molecule has 0 spiro atoms. The van der Waals surface area contributed by atoms with Crippen LogP contribution in [-0.4, -0.2) is 47.6 Å². The molecule has 2 heterocycles. The first kappa shape index (κ1) is 17.7. The van der Waals surface area contributed by atoms with Crippen LogP contribution in [0.5, 0.6) is 0 Å². The highest BCUT2D eigenvalue weighted by atomic mass is 16.5. The highest BCUT2D eigenvalue weighted by Crippen LogP contribution is 2.22. The molecule has 0 aliphatic carbocycles. The summed E-state index contributed by atoms with van der Waals surface area (Å²) >= 11 is 0. The van der Waals surface area contributed by atoms with Gasteiger partial charge in [0.15, 0.2) is 0 Å². The lowest BCUT2D eigenvalue weighted by atomic mass is 9.93. The third-order valence-corrected chi connectivity index (χ3v) is 4.60. The number of hydrogen-bond acceptors (Lipinski definition) is 5. The first-order chi connectivity index (χ1) is 11.0. The number of ether oxygens (including phenoxy) is 1. The molecule has 1 aromatic heterocycles. The molecular weight excluding hydrogens is 292 g/mol. The van der Waals surface area contributed by atoms with Crippen LogP contribution >= 0.6 is 0 Å². The predicted octanol–water partition coefficient (Wildman–Crippen LogP) is 1.88. The molecule has 1 aliphatic heterocycles. The second kappa shape index (κ2) is 8.24. The first-order valence-electron chi connectivity index (χ1n) is 8.37. The molecule has 0 radical (unpaired) electrons. The minimum atomic E-state index is 0.168. The molecule has 1 fully saturated rings. The molecule has 1 aliphatic rings. The van der Waals surface area contributed by atoms with Gasteiger partial charge in [-0.2, -0.15) is 0 Å². The second-order valence-electron chi connectivity index (χ2n) is 6.39. The van der Waals surface area contributed by atoms with E-state index in [0.717, 1.165) is 55.9 Å². The molecular formula is C17H28N4O2. The molecule has 2 rings (SSSR count). The summed E-state index contributed by atoms with van der Waals surface area (Å²) in [6.45, 7) is 6.28. The number of rotatable bonds is 6. The van der Waals surface area contributed by atoms with E-state index in [1.54, 1.807) is 7.11 Å². The summed E-state index contributed by atoms with van der Waals surface area (Å²) in [4.78, 5) is 23.0. The van der Waals surface area contributed by atoms with Gasteiger partial charge in [0.05, 0.1) is 6.42 Å². The first-order valence-corrected chi connectivity index (χ1v) is 8.37. The van der Waals surface area contributed by atoms with E-state index in [4.69, 9.17) is 10.5 Å². The molecule has 0 bridgehead atoms. The van der Waals surface area contributed by atoms with Crippen LogP contribution in [0.2, 0.25) is 0 Å². The summed E-state index contributed by atoms with van der Waals surface area (Å²) in [6, 6.07) is 0. The Kier molecular flexibility index (Phi) is 6.33. The Balaban J connectivity index is 1.95. The van der Waals surface area contributed by atoms with E-state index >= 15 is 0 Å². The van der Waals surface area contributed by atoms with Gasteiger partial charge in [0, 0.05) is 43.8 Å². The van der Waals surface area contributed by atoms with Crippen LogP contribution in [0.1, 0.15) is 42.6 Å². The Hall–Kier alpha value is -1.69. The van der Waals surface area contributed by atoms with Crippen molar-refractivity contribution in [3.8, 4) is 0 Å². The highest BCUT2D eigenvalue weighted by molar-refractivity contribution is 5.79. The van der Waals surface area contributed by atoms with Gasteiger partial charge in [-0.05, 0) is 45.4 Å². The monoisotopic (exact) mass is 320 g/mol. The zero-order valence-corrected chi connectivity index (χ0v) is 14.5. The second-order valence-corrected chi connectivity index (χ2v) is 6.39. The van der Waals surface area contributed by atoms with Gasteiger partial charge in [0.1, 0.15) is 0 Å². The molecule has 0 unspecified atom stereocenters. The minimum Gasteiger partial charge on any atom is -0.385 e. The van der Waals surface area contributed by atoms with E-state index in [9.17, 15) is 4.79 Å². The average molecular weight is 320 g/mol. The van der Waals surface area contributed by atoms with Crippen LogP contribution in [0.4, 0.5) is 5.95 Å². The van der Waals surface area contributed by atoms with E-state index in [2.05, 4.69) is 9.97 Å². The molecule has 1 saturated heterocycles. The molecule has 128 valence electrons. The van der Waals surface area contributed by atoms with Gasteiger partial charge < -0.3 is 15.4 Å². The Morgan fingerprint density at radius 1 is 1.35 bits per heavy atom. The molecule has 0 saturated carbocycles. The Labute approximate surface area is 138 Å². The zero-order chi connectivity index (χ0) is 16.8. The molecule has 1 atom stereocenters. The maximum Gasteiger partial charge on any atom is 0.227 e. The lowest BCUT2D eigenvalue weighted by Gasteiger charge is -2.33. The number of methoxy groups -OCH3 is 1. The largest absolute Gasteiger partial charge is 0.385 e. The molecule has 2 N–H and O–H groups in total. The maximum absolute atomic E-state index is 12.6. The number of nitrogens with zero attached hydrogens (tertiary/aromatic N) is 3. The predicted molar refractivity (Wildman–Crippen MR) is 90.0 cm³/mol. The lowest BCUT2D eigenvalue weighted by Crippen LogP contribution is -2.41. The smallest absolute Gasteiger partial charge is 0.227 e. The van der Waals surface area contributed by atoms with Crippen LogP contribution in [0.25, 0.3) is 0 Å². The molecule has 1 amide bonds. The van der Waals surface area contributed by atoms with Gasteiger partial charge in [0.25, 0.3) is 0 Å². The number of aryl methyl sites for hydroxylation is 2. The van der Waals surface area contributed by atoms with Crippen LogP contribution in [-0.2, 0) is 16.0 Å². The SMILES string of the molecule is COCCC[C@H]1CCCN(C(=O)Cc2c(C)nc(N)nc2C)C1.